The second kappa shape index (κ2) is 6.40. The van der Waals surface area contributed by atoms with Crippen molar-refractivity contribution in [1.29, 1.82) is 0 Å². The molecule has 0 aromatic heterocycles. The van der Waals surface area contributed by atoms with Crippen molar-refractivity contribution in [1.82, 2.24) is 0 Å². The third-order valence-electron chi connectivity index (χ3n) is 3.88. The number of alkyl halides is 6. The molecule has 28 heavy (non-hydrogen) atoms. The standard InChI is InChI=1S/C16H10F6N2O3S/c17-15(18,19)9-5-10(16(20,21)22)7-11(6-9)28(26,27)24-12-3-1-2-8-4-13(25)23-14(8)12/h1-3,5-7,24H,4H2,(H,23,25). The Morgan fingerprint density at radius 3 is 2.04 bits per heavy atom. The van der Waals surface area contributed by atoms with Crippen LogP contribution in [0.4, 0.5) is 37.7 Å². The first-order valence-electron chi connectivity index (χ1n) is 7.51. The molecule has 0 saturated heterocycles. The molecular weight excluding hydrogens is 414 g/mol. The number of para-hydroxylation sites is 1. The molecule has 0 bridgehead atoms. The smallest absolute Gasteiger partial charge is 0.324 e. The average molecular weight is 424 g/mol. The van der Waals surface area contributed by atoms with Crippen LogP contribution < -0.4 is 10.0 Å². The Hall–Kier alpha value is -2.76. The summed E-state index contributed by atoms with van der Waals surface area (Å²) >= 11 is 0. The van der Waals surface area contributed by atoms with Crippen LogP contribution in [0.5, 0.6) is 0 Å². The predicted molar refractivity (Wildman–Crippen MR) is 86.0 cm³/mol. The number of rotatable bonds is 3. The molecule has 1 aliphatic heterocycles. The van der Waals surface area contributed by atoms with Crippen LogP contribution in [0.25, 0.3) is 0 Å². The zero-order valence-corrected chi connectivity index (χ0v) is 14.4. The molecule has 0 radical (unpaired) electrons. The maximum Gasteiger partial charge on any atom is 0.416 e. The number of fused-ring (bicyclic) bond motifs is 1. The minimum atomic E-state index is -5.19. The zero-order valence-electron chi connectivity index (χ0n) is 13.6. The van der Waals surface area contributed by atoms with Gasteiger partial charge in [0.1, 0.15) is 0 Å². The molecule has 2 aromatic carbocycles. The third-order valence-corrected chi connectivity index (χ3v) is 5.23. The fourth-order valence-electron chi connectivity index (χ4n) is 2.62. The van der Waals surface area contributed by atoms with Crippen LogP contribution in [0.3, 0.4) is 0 Å². The minimum Gasteiger partial charge on any atom is -0.324 e. The maximum atomic E-state index is 12.9. The van der Waals surface area contributed by atoms with Crippen molar-refractivity contribution >= 4 is 27.3 Å². The number of amides is 1. The number of sulfonamides is 1. The van der Waals surface area contributed by atoms with E-state index in [-0.39, 0.29) is 36.0 Å². The van der Waals surface area contributed by atoms with Crippen LogP contribution >= 0.6 is 0 Å². The van der Waals surface area contributed by atoms with Crippen molar-refractivity contribution in [2.24, 2.45) is 0 Å². The molecule has 2 aromatic rings. The first kappa shape index (κ1) is 20.0. The Balaban J connectivity index is 2.08. The van der Waals surface area contributed by atoms with Crippen LogP contribution in [0, 0.1) is 0 Å². The number of benzene rings is 2. The highest BCUT2D eigenvalue weighted by atomic mass is 32.2. The van der Waals surface area contributed by atoms with E-state index in [1.54, 1.807) is 0 Å². The second-order valence-electron chi connectivity index (χ2n) is 5.91. The molecule has 2 N–H and O–H groups in total. The van der Waals surface area contributed by atoms with Crippen molar-refractivity contribution in [2.75, 3.05) is 10.0 Å². The van der Waals surface area contributed by atoms with Gasteiger partial charge in [0.05, 0.1) is 33.8 Å². The summed E-state index contributed by atoms with van der Waals surface area (Å²) in [5.41, 5.74) is -3.15. The lowest BCUT2D eigenvalue weighted by Gasteiger charge is -2.16. The fraction of sp³-hybridized carbons (Fsp3) is 0.188. The second-order valence-corrected chi connectivity index (χ2v) is 7.59. The number of carbonyl (C=O) groups is 1. The molecule has 1 amide bonds. The van der Waals surface area contributed by atoms with E-state index >= 15 is 0 Å². The first-order chi connectivity index (χ1) is 12.8. The third kappa shape index (κ3) is 3.91. The van der Waals surface area contributed by atoms with Gasteiger partial charge in [0.2, 0.25) is 5.91 Å². The van der Waals surface area contributed by atoms with Crippen LogP contribution in [0.2, 0.25) is 0 Å². The Labute approximate surface area is 154 Å². The van der Waals surface area contributed by atoms with Gasteiger partial charge < -0.3 is 5.32 Å². The van der Waals surface area contributed by atoms with Crippen molar-refractivity contribution < 1.29 is 39.6 Å². The molecule has 0 fully saturated rings. The van der Waals surface area contributed by atoms with Crippen LogP contribution in [0.15, 0.2) is 41.3 Å². The monoisotopic (exact) mass is 424 g/mol. The molecule has 3 rings (SSSR count). The summed E-state index contributed by atoms with van der Waals surface area (Å²) in [7, 11) is -4.82. The number of anilines is 2. The van der Waals surface area contributed by atoms with E-state index in [1.807, 2.05) is 4.72 Å². The summed E-state index contributed by atoms with van der Waals surface area (Å²) in [6, 6.07) is 4.19. The fourth-order valence-corrected chi connectivity index (χ4v) is 3.76. The predicted octanol–water partition coefficient (Wildman–Crippen LogP) is 4.02. The molecule has 150 valence electrons. The average Bonchev–Trinajstić information content (AvgIpc) is 2.94. The summed E-state index contributed by atoms with van der Waals surface area (Å²) in [5, 5.41) is 2.39. The lowest BCUT2D eigenvalue weighted by Crippen LogP contribution is -2.18. The molecule has 0 atom stereocenters. The SMILES string of the molecule is O=C1Cc2cccc(NS(=O)(=O)c3cc(C(F)(F)F)cc(C(F)(F)F)c3)c2N1. The van der Waals surface area contributed by atoms with Gasteiger partial charge in [-0.25, -0.2) is 8.42 Å². The highest BCUT2D eigenvalue weighted by Crippen LogP contribution is 2.38. The summed E-state index contributed by atoms with van der Waals surface area (Å²) in [6.45, 7) is 0. The topological polar surface area (TPSA) is 75.3 Å². The van der Waals surface area contributed by atoms with E-state index in [4.69, 9.17) is 0 Å². The van der Waals surface area contributed by atoms with E-state index in [2.05, 4.69) is 5.32 Å². The number of halogens is 6. The molecule has 12 heteroatoms. The van der Waals surface area contributed by atoms with Gasteiger partial charge >= 0.3 is 12.4 Å². The van der Waals surface area contributed by atoms with Crippen molar-refractivity contribution in [2.45, 2.75) is 23.7 Å². The molecule has 0 saturated carbocycles. The summed E-state index contributed by atoms with van der Waals surface area (Å²) < 4.78 is 105. The Morgan fingerprint density at radius 2 is 1.50 bits per heavy atom. The van der Waals surface area contributed by atoms with Crippen LogP contribution in [0.1, 0.15) is 16.7 Å². The van der Waals surface area contributed by atoms with Gasteiger partial charge in [-0.1, -0.05) is 12.1 Å². The molecule has 5 nitrogen and oxygen atoms in total. The first-order valence-corrected chi connectivity index (χ1v) is 9.00. The van der Waals surface area contributed by atoms with Gasteiger partial charge in [0.15, 0.2) is 0 Å². The normalized spacial score (nSPS) is 14.6. The van der Waals surface area contributed by atoms with Gasteiger partial charge in [-0.2, -0.15) is 26.3 Å². The summed E-state index contributed by atoms with van der Waals surface area (Å²) in [5.74, 6) is -0.430. The molecule has 0 unspecified atom stereocenters. The zero-order chi connectivity index (χ0) is 20.9. The highest BCUT2D eigenvalue weighted by Gasteiger charge is 2.38. The van der Waals surface area contributed by atoms with E-state index in [1.165, 1.54) is 18.2 Å². The molecule has 0 spiro atoms. The van der Waals surface area contributed by atoms with E-state index in [9.17, 15) is 39.6 Å². The minimum absolute atomic E-state index is 0.0350. The Bertz CT molecular complexity index is 1030. The maximum absolute atomic E-state index is 12.9. The van der Waals surface area contributed by atoms with E-state index in [0.717, 1.165) is 0 Å². The molecule has 1 heterocycles. The van der Waals surface area contributed by atoms with Crippen LogP contribution in [-0.4, -0.2) is 14.3 Å². The quantitative estimate of drug-likeness (QED) is 0.731. The highest BCUT2D eigenvalue weighted by molar-refractivity contribution is 7.92. The lowest BCUT2D eigenvalue weighted by atomic mass is 10.1. The van der Waals surface area contributed by atoms with Gasteiger partial charge in [-0.15, -0.1) is 0 Å². The summed E-state index contributed by atoms with van der Waals surface area (Å²) in [4.78, 5) is 10.2. The van der Waals surface area contributed by atoms with Gasteiger partial charge in [-0.05, 0) is 29.8 Å². The van der Waals surface area contributed by atoms with Crippen molar-refractivity contribution in [3.8, 4) is 0 Å². The Kier molecular flexibility index (Phi) is 4.57. The van der Waals surface area contributed by atoms with Gasteiger partial charge in [0.25, 0.3) is 10.0 Å². The lowest BCUT2D eigenvalue weighted by molar-refractivity contribution is -0.143. The van der Waals surface area contributed by atoms with E-state index in [0.29, 0.717) is 5.56 Å². The molecular formula is C16H10F6N2O3S. The molecule has 1 aliphatic rings. The van der Waals surface area contributed by atoms with E-state index < -0.39 is 44.3 Å². The van der Waals surface area contributed by atoms with Crippen molar-refractivity contribution in [3.63, 3.8) is 0 Å². The van der Waals surface area contributed by atoms with Gasteiger partial charge in [-0.3, -0.25) is 9.52 Å². The number of hydrogen-bond donors (Lipinski definition) is 2. The largest absolute Gasteiger partial charge is 0.416 e. The molecule has 0 aliphatic carbocycles. The van der Waals surface area contributed by atoms with Gasteiger partial charge in [0, 0.05) is 0 Å². The number of hydrogen-bond acceptors (Lipinski definition) is 3. The number of carbonyl (C=O) groups excluding carboxylic acids is 1. The number of nitrogens with one attached hydrogen (secondary N) is 2. The Morgan fingerprint density at radius 1 is 0.929 bits per heavy atom. The van der Waals surface area contributed by atoms with Crippen LogP contribution in [-0.2, 0) is 33.6 Å². The van der Waals surface area contributed by atoms with Crippen molar-refractivity contribution in [3.05, 3.63) is 53.1 Å². The summed E-state index contributed by atoms with van der Waals surface area (Å²) in [6.07, 6.45) is -10.4.